The zero-order valence-electron chi connectivity index (χ0n) is 15.9. The van der Waals surface area contributed by atoms with Gasteiger partial charge in [0.05, 0.1) is 4.90 Å². The topological polar surface area (TPSA) is 83.7 Å². The third-order valence-electron chi connectivity index (χ3n) is 4.98. The van der Waals surface area contributed by atoms with Gasteiger partial charge in [-0.1, -0.05) is 18.2 Å². The first-order valence-electron chi connectivity index (χ1n) is 8.93. The Hall–Kier alpha value is -2.38. The van der Waals surface area contributed by atoms with Crippen molar-refractivity contribution in [2.24, 2.45) is 0 Å². The Morgan fingerprint density at radius 1 is 0.926 bits per heavy atom. The minimum Gasteiger partial charge on any atom is -0.399 e. The summed E-state index contributed by atoms with van der Waals surface area (Å²) in [7, 11) is -3.57. The lowest BCUT2D eigenvalue weighted by Crippen LogP contribution is -2.50. The number of nitrogens with two attached hydrogens (primary N) is 1. The van der Waals surface area contributed by atoms with Crippen LogP contribution in [0.2, 0.25) is 0 Å². The van der Waals surface area contributed by atoms with Crippen molar-refractivity contribution in [3.05, 3.63) is 58.7 Å². The van der Waals surface area contributed by atoms with E-state index in [1.807, 2.05) is 32.0 Å². The molecule has 1 aliphatic rings. The number of piperazine rings is 1. The van der Waals surface area contributed by atoms with Crippen LogP contribution >= 0.6 is 0 Å². The van der Waals surface area contributed by atoms with E-state index >= 15 is 0 Å². The molecule has 0 aromatic heterocycles. The number of hydrogen-bond donors (Lipinski definition) is 1. The molecule has 2 aromatic carbocycles. The Balaban J connectivity index is 1.76. The van der Waals surface area contributed by atoms with Crippen LogP contribution in [-0.4, -0.2) is 49.7 Å². The van der Waals surface area contributed by atoms with Crippen molar-refractivity contribution in [3.8, 4) is 0 Å². The molecule has 2 N–H and O–H groups in total. The van der Waals surface area contributed by atoms with E-state index in [0.29, 0.717) is 29.2 Å². The van der Waals surface area contributed by atoms with Gasteiger partial charge in [0, 0.05) is 37.4 Å². The van der Waals surface area contributed by atoms with Crippen LogP contribution < -0.4 is 5.73 Å². The highest BCUT2D eigenvalue weighted by atomic mass is 32.2. The van der Waals surface area contributed by atoms with E-state index in [4.69, 9.17) is 5.73 Å². The van der Waals surface area contributed by atoms with Gasteiger partial charge in [0.25, 0.3) is 5.91 Å². The molecule has 1 aliphatic heterocycles. The molecule has 1 fully saturated rings. The number of nitrogen functional groups attached to an aromatic ring is 1. The lowest BCUT2D eigenvalue weighted by molar-refractivity contribution is 0.0697. The zero-order valence-corrected chi connectivity index (χ0v) is 16.7. The summed E-state index contributed by atoms with van der Waals surface area (Å²) in [6.07, 6.45) is 0. The van der Waals surface area contributed by atoms with Crippen LogP contribution in [0.1, 0.15) is 27.0 Å². The van der Waals surface area contributed by atoms with Crippen molar-refractivity contribution in [1.82, 2.24) is 9.21 Å². The first kappa shape index (κ1) is 19.4. The van der Waals surface area contributed by atoms with Gasteiger partial charge in [0.15, 0.2) is 0 Å². The minimum atomic E-state index is -3.57. The Kier molecular flexibility index (Phi) is 5.26. The van der Waals surface area contributed by atoms with Gasteiger partial charge in [-0.15, -0.1) is 0 Å². The molecule has 1 saturated heterocycles. The summed E-state index contributed by atoms with van der Waals surface area (Å²) in [5, 5.41) is 0. The van der Waals surface area contributed by atoms with Gasteiger partial charge in [-0.05, 0) is 55.7 Å². The molecule has 0 saturated carbocycles. The van der Waals surface area contributed by atoms with Crippen LogP contribution in [0.3, 0.4) is 0 Å². The third-order valence-corrected chi connectivity index (χ3v) is 7.02. The molecule has 6 nitrogen and oxygen atoms in total. The van der Waals surface area contributed by atoms with Gasteiger partial charge in [-0.25, -0.2) is 8.42 Å². The largest absolute Gasteiger partial charge is 0.399 e. The van der Waals surface area contributed by atoms with E-state index in [1.54, 1.807) is 30.0 Å². The number of rotatable bonds is 3. The van der Waals surface area contributed by atoms with Crippen molar-refractivity contribution in [2.45, 2.75) is 25.7 Å². The number of anilines is 1. The second-order valence-electron chi connectivity index (χ2n) is 7.04. The lowest BCUT2D eigenvalue weighted by atomic mass is 10.1. The van der Waals surface area contributed by atoms with Gasteiger partial charge >= 0.3 is 0 Å². The number of nitrogens with zero attached hydrogens (tertiary/aromatic N) is 2. The molecule has 0 bridgehead atoms. The van der Waals surface area contributed by atoms with E-state index in [9.17, 15) is 13.2 Å². The summed E-state index contributed by atoms with van der Waals surface area (Å²) < 4.78 is 27.5. The maximum absolute atomic E-state index is 13.0. The summed E-state index contributed by atoms with van der Waals surface area (Å²) in [4.78, 5) is 14.8. The second-order valence-corrected chi connectivity index (χ2v) is 8.95. The van der Waals surface area contributed by atoms with E-state index in [1.165, 1.54) is 4.31 Å². The Labute approximate surface area is 160 Å². The molecule has 144 valence electrons. The first-order valence-corrected chi connectivity index (χ1v) is 10.4. The fraction of sp³-hybridized carbons (Fsp3) is 0.350. The summed E-state index contributed by atoms with van der Waals surface area (Å²) in [5.74, 6) is -0.108. The third kappa shape index (κ3) is 3.84. The van der Waals surface area contributed by atoms with Crippen molar-refractivity contribution in [2.75, 3.05) is 31.9 Å². The number of aryl methyl sites for hydroxylation is 3. The molecule has 0 radical (unpaired) electrons. The SMILES string of the molecule is Cc1ccc(C)c(S(=O)(=O)N2CCN(C(=O)c3cc(N)ccc3C)CC2)c1. The predicted molar refractivity (Wildman–Crippen MR) is 106 cm³/mol. The molecule has 7 heteroatoms. The molecule has 0 atom stereocenters. The quantitative estimate of drug-likeness (QED) is 0.820. The Morgan fingerprint density at radius 2 is 1.56 bits per heavy atom. The monoisotopic (exact) mass is 387 g/mol. The number of carbonyl (C=O) groups is 1. The molecule has 2 aromatic rings. The van der Waals surface area contributed by atoms with Crippen molar-refractivity contribution < 1.29 is 13.2 Å². The highest BCUT2D eigenvalue weighted by molar-refractivity contribution is 7.89. The Bertz CT molecular complexity index is 978. The highest BCUT2D eigenvalue weighted by Crippen LogP contribution is 2.23. The van der Waals surface area contributed by atoms with E-state index < -0.39 is 10.0 Å². The Morgan fingerprint density at radius 3 is 2.22 bits per heavy atom. The van der Waals surface area contributed by atoms with Crippen LogP contribution in [0, 0.1) is 20.8 Å². The van der Waals surface area contributed by atoms with E-state index in [-0.39, 0.29) is 19.0 Å². The van der Waals surface area contributed by atoms with Crippen LogP contribution in [0.5, 0.6) is 0 Å². The van der Waals surface area contributed by atoms with Gasteiger partial charge < -0.3 is 10.6 Å². The molecule has 1 heterocycles. The minimum absolute atomic E-state index is 0.108. The van der Waals surface area contributed by atoms with Crippen molar-refractivity contribution in [1.29, 1.82) is 0 Å². The van der Waals surface area contributed by atoms with Crippen LogP contribution in [0.15, 0.2) is 41.3 Å². The summed E-state index contributed by atoms with van der Waals surface area (Å²) >= 11 is 0. The predicted octanol–water partition coefficient (Wildman–Crippen LogP) is 2.34. The molecule has 27 heavy (non-hydrogen) atoms. The van der Waals surface area contributed by atoms with Gasteiger partial charge in [0.2, 0.25) is 10.0 Å². The normalized spacial score (nSPS) is 15.7. The number of hydrogen-bond acceptors (Lipinski definition) is 4. The van der Waals surface area contributed by atoms with Crippen molar-refractivity contribution >= 4 is 21.6 Å². The van der Waals surface area contributed by atoms with E-state index in [0.717, 1.165) is 16.7 Å². The highest BCUT2D eigenvalue weighted by Gasteiger charge is 2.31. The number of carbonyl (C=O) groups excluding carboxylic acids is 1. The van der Waals surface area contributed by atoms with Crippen LogP contribution in [0.25, 0.3) is 0 Å². The fourth-order valence-electron chi connectivity index (χ4n) is 3.30. The molecular formula is C20H25N3O3S. The second kappa shape index (κ2) is 7.32. The maximum atomic E-state index is 13.0. The maximum Gasteiger partial charge on any atom is 0.254 e. The van der Waals surface area contributed by atoms with E-state index in [2.05, 4.69) is 0 Å². The van der Waals surface area contributed by atoms with Crippen molar-refractivity contribution in [3.63, 3.8) is 0 Å². The summed E-state index contributed by atoms with van der Waals surface area (Å²) in [5.41, 5.74) is 9.42. The molecule has 0 spiro atoms. The summed E-state index contributed by atoms with van der Waals surface area (Å²) in [6, 6.07) is 10.7. The first-order chi connectivity index (χ1) is 12.7. The van der Waals surface area contributed by atoms with Crippen LogP contribution in [0.4, 0.5) is 5.69 Å². The number of benzene rings is 2. The molecular weight excluding hydrogens is 362 g/mol. The molecule has 1 amide bonds. The number of sulfonamides is 1. The molecule has 3 rings (SSSR count). The van der Waals surface area contributed by atoms with Gasteiger partial charge in [-0.2, -0.15) is 4.31 Å². The standard InChI is InChI=1S/C20H25N3O3S/c1-14-4-5-16(3)19(12-14)27(25,26)23-10-8-22(9-11-23)20(24)18-13-17(21)7-6-15(18)2/h4-7,12-13H,8-11,21H2,1-3H3. The lowest BCUT2D eigenvalue weighted by Gasteiger charge is -2.34. The van der Waals surface area contributed by atoms with Crippen LogP contribution in [-0.2, 0) is 10.0 Å². The summed E-state index contributed by atoms with van der Waals surface area (Å²) in [6.45, 7) is 6.82. The smallest absolute Gasteiger partial charge is 0.254 e. The fourth-order valence-corrected chi connectivity index (χ4v) is 5.03. The molecule has 0 unspecified atom stereocenters. The molecule has 0 aliphatic carbocycles. The van der Waals surface area contributed by atoms with Gasteiger partial charge in [0.1, 0.15) is 0 Å². The average molecular weight is 388 g/mol. The number of amides is 1. The zero-order chi connectivity index (χ0) is 19.8. The average Bonchev–Trinajstić information content (AvgIpc) is 2.65. The van der Waals surface area contributed by atoms with Gasteiger partial charge in [-0.3, -0.25) is 4.79 Å².